The number of rotatable bonds is 6. The Labute approximate surface area is 161 Å². The lowest BCUT2D eigenvalue weighted by Gasteiger charge is -2.23. The quantitative estimate of drug-likeness (QED) is 0.766. The molecule has 3 amide bonds. The number of nitrogens with zero attached hydrogens (tertiary/aromatic N) is 1. The molecule has 28 heavy (non-hydrogen) atoms. The van der Waals surface area contributed by atoms with Gasteiger partial charge in [0.05, 0.1) is 13.7 Å². The molecule has 0 radical (unpaired) electrons. The minimum atomic E-state index is -2.94. The first-order valence-electron chi connectivity index (χ1n) is 8.57. The van der Waals surface area contributed by atoms with Crippen LogP contribution in [0.2, 0.25) is 0 Å². The zero-order valence-corrected chi connectivity index (χ0v) is 15.7. The number of nitrogens with one attached hydrogen (secondary N) is 1. The third-order valence-corrected chi connectivity index (χ3v) is 4.70. The van der Waals surface area contributed by atoms with Crippen LogP contribution in [0.25, 0.3) is 0 Å². The summed E-state index contributed by atoms with van der Waals surface area (Å²) in [6.07, 6.45) is 0. The highest BCUT2D eigenvalue weighted by Crippen LogP contribution is 2.32. The van der Waals surface area contributed by atoms with Crippen LogP contribution in [0.15, 0.2) is 42.5 Å². The number of halogens is 2. The fourth-order valence-corrected chi connectivity index (χ4v) is 3.21. The number of aryl methyl sites for hydroxylation is 1. The largest absolute Gasteiger partial charge is 0.496 e. The molecule has 3 rings (SSSR count). The van der Waals surface area contributed by atoms with Gasteiger partial charge in [0.15, 0.2) is 0 Å². The monoisotopic (exact) mass is 390 g/mol. The summed E-state index contributed by atoms with van der Waals surface area (Å²) in [7, 11) is 1.52. The van der Waals surface area contributed by atoms with Crippen LogP contribution >= 0.6 is 0 Å². The summed E-state index contributed by atoms with van der Waals surface area (Å²) in [6.45, 7) is 0.595. The Morgan fingerprint density at radius 2 is 1.82 bits per heavy atom. The third kappa shape index (κ3) is 3.62. The zero-order valence-electron chi connectivity index (χ0n) is 15.7. The highest BCUT2D eigenvalue weighted by Gasteiger charge is 2.49. The molecule has 2 aromatic carbocycles. The Morgan fingerprint density at radius 1 is 1.14 bits per heavy atom. The zero-order chi connectivity index (χ0) is 20.5. The summed E-state index contributed by atoms with van der Waals surface area (Å²) >= 11 is 0. The van der Waals surface area contributed by atoms with Gasteiger partial charge < -0.3 is 14.8 Å². The van der Waals surface area contributed by atoms with E-state index in [2.05, 4.69) is 10.1 Å². The highest BCUT2D eigenvalue weighted by atomic mass is 19.3. The second kappa shape index (κ2) is 7.46. The van der Waals surface area contributed by atoms with E-state index in [9.17, 15) is 18.4 Å². The number of imide groups is 1. The van der Waals surface area contributed by atoms with Crippen LogP contribution in [0, 0.1) is 6.92 Å². The van der Waals surface area contributed by atoms with E-state index in [0.29, 0.717) is 16.9 Å². The van der Waals surface area contributed by atoms with Gasteiger partial charge in [-0.1, -0.05) is 29.8 Å². The van der Waals surface area contributed by atoms with E-state index >= 15 is 0 Å². The van der Waals surface area contributed by atoms with E-state index < -0.39 is 24.1 Å². The van der Waals surface area contributed by atoms with Crippen LogP contribution in [-0.4, -0.2) is 30.6 Å². The summed E-state index contributed by atoms with van der Waals surface area (Å²) in [5.41, 5.74) is 0.833. The smallest absolute Gasteiger partial charge is 0.387 e. The van der Waals surface area contributed by atoms with Crippen LogP contribution in [0.5, 0.6) is 11.5 Å². The number of hydrogen-bond donors (Lipinski definition) is 1. The molecule has 1 fully saturated rings. The number of methoxy groups -OCH3 is 1. The molecule has 8 heteroatoms. The number of hydrogen-bond acceptors (Lipinski definition) is 4. The van der Waals surface area contributed by atoms with Crippen molar-refractivity contribution in [2.75, 3.05) is 7.11 Å². The Bertz CT molecular complexity index is 902. The van der Waals surface area contributed by atoms with Crippen molar-refractivity contribution in [3.8, 4) is 11.5 Å². The Balaban J connectivity index is 1.85. The van der Waals surface area contributed by atoms with Gasteiger partial charge in [-0.15, -0.1) is 0 Å². The maximum absolute atomic E-state index is 13.0. The number of urea groups is 1. The van der Waals surface area contributed by atoms with Crippen LogP contribution in [0.3, 0.4) is 0 Å². The normalized spacial score (nSPS) is 19.1. The van der Waals surface area contributed by atoms with Crippen molar-refractivity contribution in [1.82, 2.24) is 10.2 Å². The second-order valence-electron chi connectivity index (χ2n) is 6.66. The maximum atomic E-state index is 13.0. The third-order valence-electron chi connectivity index (χ3n) is 4.70. The van der Waals surface area contributed by atoms with Gasteiger partial charge in [0, 0.05) is 5.56 Å². The number of amides is 3. The lowest BCUT2D eigenvalue weighted by atomic mass is 9.92. The second-order valence-corrected chi connectivity index (χ2v) is 6.66. The van der Waals surface area contributed by atoms with Crippen molar-refractivity contribution in [3.05, 3.63) is 59.2 Å². The minimum Gasteiger partial charge on any atom is -0.496 e. The molecule has 0 spiro atoms. The van der Waals surface area contributed by atoms with Crippen molar-refractivity contribution in [1.29, 1.82) is 0 Å². The number of ether oxygens (including phenoxy) is 2. The fraction of sp³-hybridized carbons (Fsp3) is 0.300. The molecule has 1 heterocycles. The first-order valence-corrected chi connectivity index (χ1v) is 8.57. The molecular weight excluding hydrogens is 370 g/mol. The van der Waals surface area contributed by atoms with Gasteiger partial charge in [-0.3, -0.25) is 9.69 Å². The minimum absolute atomic E-state index is 0.0273. The average molecular weight is 390 g/mol. The maximum Gasteiger partial charge on any atom is 0.387 e. The average Bonchev–Trinajstić information content (AvgIpc) is 2.86. The molecule has 1 atom stereocenters. The van der Waals surface area contributed by atoms with Crippen LogP contribution in [0.4, 0.5) is 13.6 Å². The van der Waals surface area contributed by atoms with Gasteiger partial charge >= 0.3 is 12.6 Å². The first kappa shape index (κ1) is 19.6. The van der Waals surface area contributed by atoms with Crippen LogP contribution in [0.1, 0.15) is 23.6 Å². The number of carbonyl (C=O) groups is 2. The summed E-state index contributed by atoms with van der Waals surface area (Å²) in [5, 5.41) is 2.69. The van der Waals surface area contributed by atoms with E-state index in [1.807, 2.05) is 19.1 Å². The van der Waals surface area contributed by atoms with Crippen LogP contribution in [-0.2, 0) is 16.9 Å². The summed E-state index contributed by atoms with van der Waals surface area (Å²) < 4.78 is 34.3. The van der Waals surface area contributed by atoms with Crippen molar-refractivity contribution in [2.24, 2.45) is 0 Å². The molecule has 1 aliphatic rings. The number of alkyl halides is 2. The first-order chi connectivity index (χ1) is 13.2. The number of carbonyl (C=O) groups excluding carboxylic acids is 2. The molecule has 0 bridgehead atoms. The SMILES string of the molecule is COc1ccc(C)cc1CN1C(=O)N[C@](C)(c2ccc(OC(F)F)cc2)C1=O. The summed E-state index contributed by atoms with van der Waals surface area (Å²) in [6, 6.07) is 10.6. The van der Waals surface area contributed by atoms with E-state index in [1.165, 1.54) is 31.4 Å². The highest BCUT2D eigenvalue weighted by molar-refractivity contribution is 6.07. The predicted molar refractivity (Wildman–Crippen MR) is 97.2 cm³/mol. The van der Waals surface area contributed by atoms with Gasteiger partial charge in [0.25, 0.3) is 5.91 Å². The Hall–Kier alpha value is -3.16. The standard InChI is InChI=1S/C20H20F2N2O4/c1-12-4-9-16(27-3)13(10-12)11-24-17(25)20(2,23-19(24)26)14-5-7-15(8-6-14)28-18(21)22/h4-10,18H,11H2,1-3H3,(H,23,26)/t20-/m1/s1. The van der Waals surface area contributed by atoms with E-state index in [0.717, 1.165) is 10.5 Å². The summed E-state index contributed by atoms with van der Waals surface area (Å²) in [5.74, 6) is 0.109. The predicted octanol–water partition coefficient (Wildman–Crippen LogP) is 3.57. The molecule has 6 nitrogen and oxygen atoms in total. The number of benzene rings is 2. The van der Waals surface area contributed by atoms with Crippen molar-refractivity contribution < 1.29 is 27.8 Å². The molecule has 148 valence electrons. The molecule has 1 saturated heterocycles. The molecule has 0 unspecified atom stereocenters. The van der Waals surface area contributed by atoms with Crippen molar-refractivity contribution in [3.63, 3.8) is 0 Å². The Kier molecular flexibility index (Phi) is 5.22. The molecule has 0 aliphatic carbocycles. The molecule has 1 N–H and O–H groups in total. The molecule has 0 aromatic heterocycles. The molecule has 0 saturated carbocycles. The van der Waals surface area contributed by atoms with Gasteiger partial charge in [0.1, 0.15) is 17.0 Å². The van der Waals surface area contributed by atoms with Gasteiger partial charge in [-0.25, -0.2) is 4.79 Å². The fourth-order valence-electron chi connectivity index (χ4n) is 3.21. The molecule has 2 aromatic rings. The molecular formula is C20H20F2N2O4. The Morgan fingerprint density at radius 3 is 2.43 bits per heavy atom. The lowest BCUT2D eigenvalue weighted by molar-refractivity contribution is -0.131. The van der Waals surface area contributed by atoms with Gasteiger partial charge in [-0.2, -0.15) is 8.78 Å². The topological polar surface area (TPSA) is 67.9 Å². The van der Waals surface area contributed by atoms with Crippen molar-refractivity contribution >= 4 is 11.9 Å². The van der Waals surface area contributed by atoms with Crippen molar-refractivity contribution in [2.45, 2.75) is 32.5 Å². The lowest BCUT2D eigenvalue weighted by Crippen LogP contribution is -2.40. The van der Waals surface area contributed by atoms with E-state index in [4.69, 9.17) is 4.74 Å². The molecule has 1 aliphatic heterocycles. The van der Waals surface area contributed by atoms with Gasteiger partial charge in [0.2, 0.25) is 0 Å². The van der Waals surface area contributed by atoms with Crippen LogP contribution < -0.4 is 14.8 Å². The van der Waals surface area contributed by atoms with E-state index in [1.54, 1.807) is 13.0 Å². The van der Waals surface area contributed by atoms with Gasteiger partial charge in [-0.05, 0) is 37.6 Å². The van der Waals surface area contributed by atoms with E-state index in [-0.39, 0.29) is 12.3 Å². The summed E-state index contributed by atoms with van der Waals surface area (Å²) in [4.78, 5) is 26.7.